The number of benzene rings is 1. The summed E-state index contributed by atoms with van der Waals surface area (Å²) in [6, 6.07) is 7.23. The van der Waals surface area contributed by atoms with Crippen molar-refractivity contribution in [3.8, 4) is 0 Å². The first-order valence-electron chi connectivity index (χ1n) is 3.94. The highest BCUT2D eigenvalue weighted by Crippen LogP contribution is 2.30. The molecule has 2 nitrogen and oxygen atoms in total. The molecule has 0 amide bonds. The van der Waals surface area contributed by atoms with Crippen molar-refractivity contribution in [3.63, 3.8) is 0 Å². The molecule has 0 saturated carbocycles. The minimum absolute atomic E-state index is 0.241. The predicted molar refractivity (Wildman–Crippen MR) is 46.8 cm³/mol. The Hall–Kier alpha value is -0.830. The van der Waals surface area contributed by atoms with Crippen molar-refractivity contribution in [2.45, 2.75) is 23.5 Å². The van der Waals surface area contributed by atoms with Gasteiger partial charge < -0.3 is 0 Å². The van der Waals surface area contributed by atoms with E-state index in [4.69, 9.17) is 0 Å². The van der Waals surface area contributed by atoms with Crippen molar-refractivity contribution in [1.29, 1.82) is 0 Å². The molecule has 0 N–H and O–H groups in total. The van der Waals surface area contributed by atoms with Gasteiger partial charge in [-0.15, -0.1) is 0 Å². The second-order valence-corrected chi connectivity index (χ2v) is 5.50. The van der Waals surface area contributed by atoms with Gasteiger partial charge in [0.05, 0.1) is 10.1 Å². The molecule has 1 aromatic carbocycles. The first-order valence-corrected chi connectivity index (χ1v) is 5.49. The molecule has 0 spiro atoms. The number of hydrogen-bond acceptors (Lipinski definition) is 2. The Balaban J connectivity index is 2.72. The smallest absolute Gasteiger partial charge is 0.181 e. The van der Waals surface area contributed by atoms with E-state index >= 15 is 0 Å². The molecule has 0 aliphatic carbocycles. The SMILES string of the molecule is CC1Cc2ccccc2S1(=O)=O. The molecule has 1 atom stereocenters. The molecule has 1 aromatic rings. The Kier molecular flexibility index (Phi) is 1.51. The van der Waals surface area contributed by atoms with E-state index in [1.807, 2.05) is 12.1 Å². The molecule has 1 heterocycles. The Morgan fingerprint density at radius 2 is 2.00 bits per heavy atom. The molecule has 1 unspecified atom stereocenters. The van der Waals surface area contributed by atoms with E-state index in [1.165, 1.54) is 0 Å². The Labute approximate surface area is 72.1 Å². The lowest BCUT2D eigenvalue weighted by atomic mass is 10.1. The van der Waals surface area contributed by atoms with Crippen LogP contribution >= 0.6 is 0 Å². The Bertz CT molecular complexity index is 406. The molecule has 1 aliphatic rings. The second-order valence-electron chi connectivity index (χ2n) is 3.17. The van der Waals surface area contributed by atoms with E-state index in [-0.39, 0.29) is 5.25 Å². The van der Waals surface area contributed by atoms with E-state index in [0.29, 0.717) is 11.3 Å². The summed E-state index contributed by atoms with van der Waals surface area (Å²) in [6.45, 7) is 1.76. The molecule has 0 saturated heterocycles. The third-order valence-corrected chi connectivity index (χ3v) is 4.55. The fourth-order valence-electron chi connectivity index (χ4n) is 1.59. The van der Waals surface area contributed by atoms with Gasteiger partial charge in [-0.3, -0.25) is 0 Å². The largest absolute Gasteiger partial charge is 0.223 e. The lowest BCUT2D eigenvalue weighted by Crippen LogP contribution is -2.11. The average molecular weight is 182 g/mol. The molecular weight excluding hydrogens is 172 g/mol. The second kappa shape index (κ2) is 2.33. The van der Waals surface area contributed by atoms with Gasteiger partial charge >= 0.3 is 0 Å². The van der Waals surface area contributed by atoms with Gasteiger partial charge in [0.1, 0.15) is 0 Å². The van der Waals surface area contributed by atoms with Gasteiger partial charge in [0.15, 0.2) is 9.84 Å². The third-order valence-electron chi connectivity index (χ3n) is 2.32. The normalized spacial score (nSPS) is 25.2. The van der Waals surface area contributed by atoms with Crippen molar-refractivity contribution in [1.82, 2.24) is 0 Å². The van der Waals surface area contributed by atoms with Gasteiger partial charge in [-0.25, -0.2) is 8.42 Å². The zero-order valence-electron chi connectivity index (χ0n) is 6.82. The molecule has 0 fully saturated rings. The zero-order valence-corrected chi connectivity index (χ0v) is 7.64. The summed E-state index contributed by atoms with van der Waals surface area (Å²) in [6.07, 6.45) is 0.665. The van der Waals surface area contributed by atoms with Gasteiger partial charge in [-0.05, 0) is 25.0 Å². The molecule has 0 radical (unpaired) electrons. The fourth-order valence-corrected chi connectivity index (χ4v) is 3.20. The van der Waals surface area contributed by atoms with Gasteiger partial charge in [0.25, 0.3) is 0 Å². The van der Waals surface area contributed by atoms with E-state index in [1.54, 1.807) is 19.1 Å². The molecule has 1 aliphatic heterocycles. The summed E-state index contributed by atoms with van der Waals surface area (Å²) in [5.41, 5.74) is 0.963. The van der Waals surface area contributed by atoms with Crippen LogP contribution in [0.3, 0.4) is 0 Å². The first-order chi connectivity index (χ1) is 5.62. The van der Waals surface area contributed by atoms with Crippen molar-refractivity contribution >= 4 is 9.84 Å². The number of fused-ring (bicyclic) bond motifs is 1. The minimum Gasteiger partial charge on any atom is -0.223 e. The summed E-state index contributed by atoms with van der Waals surface area (Å²) in [5.74, 6) is 0. The van der Waals surface area contributed by atoms with Crippen molar-refractivity contribution in [2.75, 3.05) is 0 Å². The standard InChI is InChI=1S/C9H10O2S/c1-7-6-8-4-2-3-5-9(8)12(7,10)11/h2-5,7H,6H2,1H3. The lowest BCUT2D eigenvalue weighted by Gasteiger charge is -1.98. The number of rotatable bonds is 0. The Morgan fingerprint density at radius 3 is 2.67 bits per heavy atom. The van der Waals surface area contributed by atoms with Crippen LogP contribution in [0.5, 0.6) is 0 Å². The van der Waals surface area contributed by atoms with Crippen molar-refractivity contribution in [3.05, 3.63) is 29.8 Å². The molecule has 12 heavy (non-hydrogen) atoms. The predicted octanol–water partition coefficient (Wildman–Crippen LogP) is 1.40. The van der Waals surface area contributed by atoms with Crippen LogP contribution in [0, 0.1) is 0 Å². The Morgan fingerprint density at radius 1 is 1.33 bits per heavy atom. The van der Waals surface area contributed by atoms with Crippen LogP contribution in [0.15, 0.2) is 29.2 Å². The van der Waals surface area contributed by atoms with Crippen LogP contribution < -0.4 is 0 Å². The molecular formula is C9H10O2S. The van der Waals surface area contributed by atoms with Gasteiger partial charge in [-0.1, -0.05) is 18.2 Å². The quantitative estimate of drug-likeness (QED) is 0.608. The van der Waals surface area contributed by atoms with Crippen LogP contribution in [0.25, 0.3) is 0 Å². The average Bonchev–Trinajstić information content (AvgIpc) is 2.25. The summed E-state index contributed by atoms with van der Waals surface area (Å²) < 4.78 is 23.2. The molecule has 64 valence electrons. The highest BCUT2D eigenvalue weighted by Gasteiger charge is 2.32. The van der Waals surface area contributed by atoms with Crippen LogP contribution in [0.4, 0.5) is 0 Å². The van der Waals surface area contributed by atoms with E-state index in [0.717, 1.165) is 5.56 Å². The topological polar surface area (TPSA) is 34.1 Å². The van der Waals surface area contributed by atoms with Crippen LogP contribution in [-0.4, -0.2) is 13.7 Å². The molecule has 0 aromatic heterocycles. The maximum atomic E-state index is 11.6. The maximum absolute atomic E-state index is 11.6. The fraction of sp³-hybridized carbons (Fsp3) is 0.333. The van der Waals surface area contributed by atoms with Crippen molar-refractivity contribution < 1.29 is 8.42 Å². The number of hydrogen-bond donors (Lipinski definition) is 0. The molecule has 2 rings (SSSR count). The first kappa shape index (κ1) is 7.80. The third kappa shape index (κ3) is 0.894. The van der Waals surface area contributed by atoms with Gasteiger partial charge in [-0.2, -0.15) is 0 Å². The van der Waals surface area contributed by atoms with Crippen molar-refractivity contribution in [2.24, 2.45) is 0 Å². The maximum Gasteiger partial charge on any atom is 0.181 e. The van der Waals surface area contributed by atoms with Crippen LogP contribution in [0.1, 0.15) is 12.5 Å². The van der Waals surface area contributed by atoms with Gasteiger partial charge in [0.2, 0.25) is 0 Å². The summed E-state index contributed by atoms with van der Waals surface area (Å²) in [7, 11) is -2.98. The molecule has 0 bridgehead atoms. The minimum atomic E-state index is -2.98. The van der Waals surface area contributed by atoms with Crippen LogP contribution in [-0.2, 0) is 16.3 Å². The summed E-state index contributed by atoms with van der Waals surface area (Å²) in [4.78, 5) is 0.525. The highest BCUT2D eigenvalue weighted by molar-refractivity contribution is 7.92. The van der Waals surface area contributed by atoms with E-state index < -0.39 is 9.84 Å². The highest BCUT2D eigenvalue weighted by atomic mass is 32.2. The number of sulfone groups is 1. The van der Waals surface area contributed by atoms with E-state index in [2.05, 4.69) is 0 Å². The monoisotopic (exact) mass is 182 g/mol. The summed E-state index contributed by atoms with van der Waals surface area (Å²) >= 11 is 0. The summed E-state index contributed by atoms with van der Waals surface area (Å²) in [5, 5.41) is -0.241. The van der Waals surface area contributed by atoms with Gasteiger partial charge in [0, 0.05) is 0 Å². The van der Waals surface area contributed by atoms with E-state index in [9.17, 15) is 8.42 Å². The zero-order chi connectivity index (χ0) is 8.77. The molecule has 3 heteroatoms. The lowest BCUT2D eigenvalue weighted by molar-refractivity contribution is 0.590. The van der Waals surface area contributed by atoms with Crippen LogP contribution in [0.2, 0.25) is 0 Å².